The van der Waals surface area contributed by atoms with Crippen LogP contribution in [0.15, 0.2) is 48.9 Å². The third-order valence-corrected chi connectivity index (χ3v) is 4.52. The number of nitroso groups, excluding NO2 is 1. The molecule has 1 aliphatic rings. The number of allylic oxidation sites excluding steroid dienone is 2. The lowest BCUT2D eigenvalue weighted by Crippen LogP contribution is -2.28. The second-order valence-electron chi connectivity index (χ2n) is 6.61. The minimum Gasteiger partial charge on any atom is -0.338 e. The van der Waals surface area contributed by atoms with Crippen LogP contribution >= 0.6 is 0 Å². The molecule has 2 aromatic heterocycles. The number of nitrogens with zero attached hydrogens (tertiary/aromatic N) is 4. The summed E-state index contributed by atoms with van der Waals surface area (Å²) in [5.41, 5.74) is 3.60. The van der Waals surface area contributed by atoms with Crippen LogP contribution in [-0.4, -0.2) is 43.3 Å². The molecule has 4 rings (SSSR count). The van der Waals surface area contributed by atoms with Gasteiger partial charge in [-0.1, -0.05) is 0 Å². The summed E-state index contributed by atoms with van der Waals surface area (Å²) in [5, 5.41) is 5.34. The Hall–Kier alpha value is -3.88. The zero-order valence-electron chi connectivity index (χ0n) is 16.0. The van der Waals surface area contributed by atoms with Gasteiger partial charge in [0.15, 0.2) is 5.82 Å². The predicted octanol–water partition coefficient (Wildman–Crippen LogP) is 3.24. The summed E-state index contributed by atoms with van der Waals surface area (Å²) in [7, 11) is 0. The fourth-order valence-electron chi connectivity index (χ4n) is 3.06. The van der Waals surface area contributed by atoms with Crippen LogP contribution in [0.5, 0.6) is 0 Å². The van der Waals surface area contributed by atoms with Crippen molar-refractivity contribution in [1.29, 1.82) is 0 Å². The van der Waals surface area contributed by atoms with E-state index in [2.05, 4.69) is 30.6 Å². The van der Waals surface area contributed by atoms with Crippen molar-refractivity contribution in [3.8, 4) is 11.4 Å². The molecule has 0 spiro atoms. The minimum atomic E-state index is -0.349. The molecule has 3 N–H and O–H groups in total. The molecule has 29 heavy (non-hydrogen) atoms. The second-order valence-corrected chi connectivity index (χ2v) is 6.61. The number of aromatic nitrogens is 4. The third-order valence-electron chi connectivity index (χ3n) is 4.52. The first kappa shape index (κ1) is 18.5. The van der Waals surface area contributed by atoms with Gasteiger partial charge < -0.3 is 10.3 Å². The van der Waals surface area contributed by atoms with Crippen LogP contribution in [0.4, 0.5) is 10.7 Å². The topological polar surface area (TPSA) is 116 Å². The lowest BCUT2D eigenvalue weighted by Gasteiger charge is -2.08. The first-order valence-corrected chi connectivity index (χ1v) is 9.27. The Labute approximate surface area is 166 Å². The Kier molecular flexibility index (Phi) is 4.86. The summed E-state index contributed by atoms with van der Waals surface area (Å²) in [6.45, 7) is 4.17. The average Bonchev–Trinajstić information content (AvgIpc) is 3.12. The molecule has 9 heteroatoms. The molecule has 1 aromatic carbocycles. The van der Waals surface area contributed by atoms with Gasteiger partial charge in [0.25, 0.3) is 0 Å². The molecule has 9 nitrogen and oxygen atoms in total. The number of carbonyl (C=O) groups is 1. The molecule has 2 amide bonds. The highest BCUT2D eigenvalue weighted by molar-refractivity contribution is 5.97. The van der Waals surface area contributed by atoms with Gasteiger partial charge in [0, 0.05) is 41.1 Å². The Balaban J connectivity index is 1.84. The number of benzene rings is 1. The highest BCUT2D eigenvalue weighted by Crippen LogP contribution is 2.31. The zero-order chi connectivity index (χ0) is 20.4. The van der Waals surface area contributed by atoms with E-state index in [-0.39, 0.29) is 12.1 Å². The van der Waals surface area contributed by atoms with Crippen molar-refractivity contribution in [3.63, 3.8) is 0 Å². The average molecular weight is 390 g/mol. The van der Waals surface area contributed by atoms with Crippen LogP contribution < -0.4 is 10.6 Å². The maximum Gasteiger partial charge on any atom is 0.321 e. The second kappa shape index (κ2) is 7.63. The van der Waals surface area contributed by atoms with Gasteiger partial charge in [0.05, 0.1) is 11.1 Å². The molecule has 1 unspecified atom stereocenters. The standard InChI is InChI=1S/C20H19N7O2/c1-3-21-20(28)26-19-24-16-10-14(13-6-5-12(2)27(29)11-13)9-15(17(16)25-19)18-22-7-4-8-23-18/h4-12H,3H2,1-2H3,(H2-,21,22,23,24,25,26,28,29)/p+1. The van der Waals surface area contributed by atoms with Crippen LogP contribution in [0, 0.1) is 4.91 Å². The normalized spacial score (nSPS) is 16.0. The van der Waals surface area contributed by atoms with E-state index < -0.39 is 0 Å². The van der Waals surface area contributed by atoms with Crippen molar-refractivity contribution >= 4 is 28.6 Å². The monoisotopic (exact) mass is 390 g/mol. The quantitative estimate of drug-likeness (QED) is 0.592. The van der Waals surface area contributed by atoms with Gasteiger partial charge >= 0.3 is 6.03 Å². The number of hydrogen-bond acceptors (Lipinski definition) is 5. The van der Waals surface area contributed by atoms with Crippen molar-refractivity contribution in [1.82, 2.24) is 25.3 Å². The fraction of sp³-hybridized carbons (Fsp3) is 0.200. The van der Waals surface area contributed by atoms with Crippen LogP contribution in [0.1, 0.15) is 19.4 Å². The van der Waals surface area contributed by atoms with E-state index in [1.54, 1.807) is 24.7 Å². The highest BCUT2D eigenvalue weighted by Gasteiger charge is 2.22. The number of hydrogen-bond donors (Lipinski definition) is 3. The number of amides is 2. The lowest BCUT2D eigenvalue weighted by molar-refractivity contribution is -0.504. The Bertz CT molecular complexity index is 1150. The number of imidazole rings is 1. The third kappa shape index (κ3) is 3.75. The Morgan fingerprint density at radius 2 is 2.07 bits per heavy atom. The van der Waals surface area contributed by atoms with E-state index in [0.29, 0.717) is 34.9 Å². The molecule has 0 saturated heterocycles. The maximum absolute atomic E-state index is 12.1. The van der Waals surface area contributed by atoms with E-state index in [1.165, 1.54) is 0 Å². The van der Waals surface area contributed by atoms with Gasteiger partial charge in [-0.05, 0) is 42.8 Å². The summed E-state index contributed by atoms with van der Waals surface area (Å²) in [6, 6.07) is 4.96. The maximum atomic E-state index is 12.1. The number of nitrogens with one attached hydrogen (secondary N) is 3. The van der Waals surface area contributed by atoms with Crippen LogP contribution in [0.3, 0.4) is 0 Å². The minimum absolute atomic E-state index is 0.209. The number of aromatic amines is 1. The van der Waals surface area contributed by atoms with Crippen molar-refractivity contribution in [2.75, 3.05) is 11.9 Å². The summed E-state index contributed by atoms with van der Waals surface area (Å²) < 4.78 is 0.910. The summed E-state index contributed by atoms with van der Waals surface area (Å²) in [6.07, 6.45) is 8.64. The molecular formula is C20H20N7O2+. The number of H-pyrrole nitrogens is 1. The number of rotatable bonds is 4. The first-order chi connectivity index (χ1) is 14.0. The summed E-state index contributed by atoms with van der Waals surface area (Å²) >= 11 is 0. The molecule has 0 fully saturated rings. The van der Waals surface area contributed by atoms with Crippen molar-refractivity contribution in [2.45, 2.75) is 19.9 Å². The van der Waals surface area contributed by atoms with E-state index in [0.717, 1.165) is 15.9 Å². The number of fused-ring (bicyclic) bond motifs is 1. The van der Waals surface area contributed by atoms with Gasteiger partial charge in [0.1, 0.15) is 5.52 Å². The fourth-order valence-corrected chi connectivity index (χ4v) is 3.06. The number of anilines is 1. The molecule has 1 atom stereocenters. The molecule has 0 saturated carbocycles. The van der Waals surface area contributed by atoms with Gasteiger partial charge in [-0.3, -0.25) is 5.32 Å². The SMILES string of the molecule is CCNC(=O)Nc1nc2c(-c3ncccn3)cc(C3=C[N+](=O)C(C)C=C3)cc2[nH]1. The molecule has 3 heterocycles. The smallest absolute Gasteiger partial charge is 0.321 e. The van der Waals surface area contributed by atoms with Crippen molar-refractivity contribution < 1.29 is 9.55 Å². The molecular weight excluding hydrogens is 370 g/mol. The molecule has 146 valence electrons. The molecule has 0 bridgehead atoms. The van der Waals surface area contributed by atoms with Crippen LogP contribution in [-0.2, 0) is 0 Å². The molecule has 3 aromatic rings. The van der Waals surface area contributed by atoms with Crippen molar-refractivity contribution in [3.05, 3.63) is 59.4 Å². The molecule has 1 aliphatic heterocycles. The Morgan fingerprint density at radius 1 is 1.28 bits per heavy atom. The Morgan fingerprint density at radius 3 is 2.79 bits per heavy atom. The van der Waals surface area contributed by atoms with Crippen LogP contribution in [0.25, 0.3) is 28.0 Å². The van der Waals surface area contributed by atoms with Crippen molar-refractivity contribution in [2.24, 2.45) is 0 Å². The van der Waals surface area contributed by atoms with E-state index >= 15 is 0 Å². The number of urea groups is 1. The largest absolute Gasteiger partial charge is 0.338 e. The zero-order valence-corrected chi connectivity index (χ0v) is 16.0. The van der Waals surface area contributed by atoms with Gasteiger partial charge in [-0.2, -0.15) is 0 Å². The van der Waals surface area contributed by atoms with Crippen LogP contribution in [0.2, 0.25) is 0 Å². The van der Waals surface area contributed by atoms with E-state index in [1.807, 2.05) is 38.1 Å². The predicted molar refractivity (Wildman–Crippen MR) is 110 cm³/mol. The first-order valence-electron chi connectivity index (χ1n) is 9.27. The highest BCUT2D eigenvalue weighted by atomic mass is 16.3. The molecule has 0 radical (unpaired) electrons. The summed E-state index contributed by atoms with van der Waals surface area (Å²) in [5.74, 6) is 0.815. The van der Waals surface area contributed by atoms with E-state index in [4.69, 9.17) is 0 Å². The van der Waals surface area contributed by atoms with Gasteiger partial charge in [-0.25, -0.2) is 19.7 Å². The number of carbonyl (C=O) groups excluding carboxylic acids is 1. The van der Waals surface area contributed by atoms with Gasteiger partial charge in [0.2, 0.25) is 18.2 Å². The lowest BCUT2D eigenvalue weighted by atomic mass is 9.99. The van der Waals surface area contributed by atoms with E-state index in [9.17, 15) is 9.70 Å². The van der Waals surface area contributed by atoms with Gasteiger partial charge in [-0.15, -0.1) is 0 Å². The molecule has 0 aliphatic carbocycles. The summed E-state index contributed by atoms with van der Waals surface area (Å²) in [4.78, 5) is 40.2.